The molecule has 0 nitrogen and oxygen atoms in total. The topological polar surface area (TPSA) is 0 Å². The van der Waals surface area contributed by atoms with Crippen molar-refractivity contribution in [3.05, 3.63) is 70.0 Å². The molecule has 19 heavy (non-hydrogen) atoms. The highest BCUT2D eigenvalue weighted by atomic mass is 35.5. The van der Waals surface area contributed by atoms with Crippen molar-refractivity contribution in [1.82, 2.24) is 0 Å². The molecule has 1 unspecified atom stereocenters. The van der Waals surface area contributed by atoms with Crippen LogP contribution in [0.5, 0.6) is 0 Å². The van der Waals surface area contributed by atoms with E-state index in [4.69, 9.17) is 23.2 Å². The summed E-state index contributed by atoms with van der Waals surface area (Å²) < 4.78 is 13.3. The molecule has 0 aliphatic rings. The van der Waals surface area contributed by atoms with Gasteiger partial charge in [0.05, 0.1) is 0 Å². The van der Waals surface area contributed by atoms with Gasteiger partial charge in [-0.2, -0.15) is 0 Å². The van der Waals surface area contributed by atoms with E-state index in [1.807, 2.05) is 12.1 Å². The van der Waals surface area contributed by atoms with Crippen LogP contribution in [0, 0.1) is 12.7 Å². The largest absolute Gasteiger partial charge is 0.207 e. The van der Waals surface area contributed by atoms with E-state index in [1.54, 1.807) is 6.07 Å². The maximum absolute atomic E-state index is 13.3. The first kappa shape index (κ1) is 14.4. The van der Waals surface area contributed by atoms with Crippen molar-refractivity contribution in [3.63, 3.8) is 0 Å². The van der Waals surface area contributed by atoms with Gasteiger partial charge in [-0.05, 0) is 48.2 Å². The Hall–Kier alpha value is -1.05. The third-order valence-electron chi connectivity index (χ3n) is 3.29. The summed E-state index contributed by atoms with van der Waals surface area (Å²) in [6.07, 6.45) is 0.644. The maximum Gasteiger partial charge on any atom is 0.123 e. The first-order valence-electron chi connectivity index (χ1n) is 6.17. The van der Waals surface area contributed by atoms with Crippen molar-refractivity contribution in [2.24, 2.45) is 0 Å². The second kappa shape index (κ2) is 6.40. The summed E-state index contributed by atoms with van der Waals surface area (Å²) in [6.45, 7) is 2.06. The molecule has 0 bridgehead atoms. The van der Waals surface area contributed by atoms with Crippen molar-refractivity contribution >= 4 is 23.2 Å². The Morgan fingerprint density at radius 2 is 1.89 bits per heavy atom. The van der Waals surface area contributed by atoms with Crippen LogP contribution in [0.15, 0.2) is 42.5 Å². The highest BCUT2D eigenvalue weighted by Crippen LogP contribution is 2.28. The van der Waals surface area contributed by atoms with E-state index in [2.05, 4.69) is 19.1 Å². The van der Waals surface area contributed by atoms with Crippen LogP contribution >= 0.6 is 23.2 Å². The molecule has 0 heterocycles. The fraction of sp³-hybridized carbons (Fsp3) is 0.250. The number of rotatable bonds is 4. The lowest BCUT2D eigenvalue weighted by molar-refractivity contribution is 0.623. The molecule has 2 aromatic carbocycles. The molecule has 0 aromatic heterocycles. The van der Waals surface area contributed by atoms with E-state index in [-0.39, 0.29) is 11.7 Å². The van der Waals surface area contributed by atoms with Crippen molar-refractivity contribution in [1.29, 1.82) is 0 Å². The molecule has 0 N–H and O–H groups in total. The smallest absolute Gasteiger partial charge is 0.123 e. The van der Waals surface area contributed by atoms with Gasteiger partial charge in [0.2, 0.25) is 0 Å². The molecular weight excluding hydrogens is 282 g/mol. The van der Waals surface area contributed by atoms with Crippen molar-refractivity contribution in [2.75, 3.05) is 5.88 Å². The molecule has 0 saturated heterocycles. The summed E-state index contributed by atoms with van der Waals surface area (Å²) in [5.41, 5.74) is 3.19. The van der Waals surface area contributed by atoms with Gasteiger partial charge < -0.3 is 0 Å². The third kappa shape index (κ3) is 3.49. The monoisotopic (exact) mass is 296 g/mol. The number of alkyl halides is 1. The number of aryl methyl sites for hydroxylation is 1. The van der Waals surface area contributed by atoms with Crippen LogP contribution in [0.3, 0.4) is 0 Å². The Morgan fingerprint density at radius 3 is 2.58 bits per heavy atom. The second-order valence-electron chi connectivity index (χ2n) is 4.65. The lowest BCUT2D eigenvalue weighted by atomic mass is 9.90. The van der Waals surface area contributed by atoms with Crippen LogP contribution < -0.4 is 0 Å². The van der Waals surface area contributed by atoms with Crippen LogP contribution in [0.25, 0.3) is 0 Å². The highest BCUT2D eigenvalue weighted by Gasteiger charge is 2.15. The fourth-order valence-corrected chi connectivity index (χ4v) is 2.73. The molecule has 0 saturated carbocycles. The fourth-order valence-electron chi connectivity index (χ4n) is 2.26. The Labute approximate surface area is 123 Å². The average molecular weight is 297 g/mol. The van der Waals surface area contributed by atoms with Crippen molar-refractivity contribution in [3.8, 4) is 0 Å². The summed E-state index contributed by atoms with van der Waals surface area (Å²) in [4.78, 5) is 0. The molecule has 0 aliphatic carbocycles. The van der Waals surface area contributed by atoms with Gasteiger partial charge in [-0.3, -0.25) is 0 Å². The van der Waals surface area contributed by atoms with Crippen molar-refractivity contribution in [2.45, 2.75) is 19.3 Å². The van der Waals surface area contributed by atoms with Gasteiger partial charge in [0, 0.05) is 16.8 Å². The molecule has 0 fully saturated rings. The maximum atomic E-state index is 13.3. The molecule has 2 rings (SSSR count). The molecule has 0 spiro atoms. The standard InChI is InChI=1S/C16H15Cl2F/c1-11-4-2-3-5-15(11)13(10-17)8-12-9-14(19)6-7-16(12)18/h2-7,9,13H,8,10H2,1H3. The number of benzene rings is 2. The molecule has 0 radical (unpaired) electrons. The zero-order valence-corrected chi connectivity index (χ0v) is 12.2. The van der Waals surface area contributed by atoms with Gasteiger partial charge in [0.1, 0.15) is 5.82 Å². The molecule has 3 heteroatoms. The lowest BCUT2D eigenvalue weighted by Crippen LogP contribution is -2.07. The SMILES string of the molecule is Cc1ccccc1C(CCl)Cc1cc(F)ccc1Cl. The van der Waals surface area contributed by atoms with Crippen LogP contribution in [-0.2, 0) is 6.42 Å². The van der Waals surface area contributed by atoms with Crippen molar-refractivity contribution < 1.29 is 4.39 Å². The summed E-state index contributed by atoms with van der Waals surface area (Å²) in [5.74, 6) is 0.359. The predicted molar refractivity (Wildman–Crippen MR) is 79.8 cm³/mol. The molecule has 0 aliphatic heterocycles. The average Bonchev–Trinajstić information content (AvgIpc) is 2.41. The zero-order chi connectivity index (χ0) is 13.8. The minimum atomic E-state index is -0.266. The van der Waals surface area contributed by atoms with E-state index in [9.17, 15) is 4.39 Å². The minimum absolute atomic E-state index is 0.141. The van der Waals surface area contributed by atoms with Gasteiger partial charge in [-0.15, -0.1) is 11.6 Å². The van der Waals surface area contributed by atoms with E-state index in [0.29, 0.717) is 17.3 Å². The van der Waals surface area contributed by atoms with Gasteiger partial charge >= 0.3 is 0 Å². The predicted octanol–water partition coefficient (Wildman–Crippen LogP) is 5.35. The van der Waals surface area contributed by atoms with Gasteiger partial charge in [0.25, 0.3) is 0 Å². The second-order valence-corrected chi connectivity index (χ2v) is 5.36. The van der Waals surface area contributed by atoms with Gasteiger partial charge in [0.15, 0.2) is 0 Å². The van der Waals surface area contributed by atoms with Crippen LogP contribution in [-0.4, -0.2) is 5.88 Å². The van der Waals surface area contributed by atoms with Crippen LogP contribution in [0.1, 0.15) is 22.6 Å². The number of hydrogen-bond acceptors (Lipinski definition) is 0. The van der Waals surface area contributed by atoms with Gasteiger partial charge in [-0.25, -0.2) is 4.39 Å². The Morgan fingerprint density at radius 1 is 1.16 bits per heavy atom. The summed E-state index contributed by atoms with van der Waals surface area (Å²) in [5, 5.41) is 0.588. The molecule has 0 amide bonds. The number of halogens is 3. The molecule has 2 aromatic rings. The quantitative estimate of drug-likeness (QED) is 0.667. The molecule has 100 valence electrons. The third-order valence-corrected chi connectivity index (χ3v) is 4.03. The minimum Gasteiger partial charge on any atom is -0.207 e. The zero-order valence-electron chi connectivity index (χ0n) is 10.7. The van der Waals surface area contributed by atoms with Crippen LogP contribution in [0.4, 0.5) is 4.39 Å². The summed E-state index contributed by atoms with van der Waals surface area (Å²) in [7, 11) is 0. The molecular formula is C16H15Cl2F. The van der Waals surface area contributed by atoms with E-state index >= 15 is 0 Å². The van der Waals surface area contributed by atoms with Gasteiger partial charge in [-0.1, -0.05) is 35.9 Å². The Bertz CT molecular complexity index is 566. The summed E-state index contributed by atoms with van der Waals surface area (Å²) >= 11 is 12.2. The Kier molecular flexibility index (Phi) is 4.84. The highest BCUT2D eigenvalue weighted by molar-refractivity contribution is 6.31. The van der Waals surface area contributed by atoms with E-state index in [1.165, 1.54) is 23.3 Å². The molecule has 1 atom stereocenters. The lowest BCUT2D eigenvalue weighted by Gasteiger charge is -2.17. The number of hydrogen-bond donors (Lipinski definition) is 0. The summed E-state index contributed by atoms with van der Waals surface area (Å²) in [6, 6.07) is 12.6. The van der Waals surface area contributed by atoms with E-state index < -0.39 is 0 Å². The first-order valence-corrected chi connectivity index (χ1v) is 7.08. The van der Waals surface area contributed by atoms with E-state index in [0.717, 1.165) is 5.56 Å². The first-order chi connectivity index (χ1) is 9.11. The Balaban J connectivity index is 2.29. The van der Waals surface area contributed by atoms with Crippen LogP contribution in [0.2, 0.25) is 5.02 Å². The normalized spacial score (nSPS) is 12.4.